The predicted molar refractivity (Wildman–Crippen MR) is 141 cm³/mol. The zero-order valence-electron chi connectivity index (χ0n) is 20.2. The highest BCUT2D eigenvalue weighted by Crippen LogP contribution is 2.37. The van der Waals surface area contributed by atoms with Crippen molar-refractivity contribution in [1.29, 1.82) is 0 Å². The molecule has 1 unspecified atom stereocenters. The summed E-state index contributed by atoms with van der Waals surface area (Å²) < 4.78 is 5.76. The van der Waals surface area contributed by atoms with Crippen LogP contribution < -0.4 is 5.32 Å². The fourth-order valence-corrected chi connectivity index (χ4v) is 4.69. The molecule has 0 saturated carbocycles. The van der Waals surface area contributed by atoms with Gasteiger partial charge >= 0.3 is 6.03 Å². The Morgan fingerprint density at radius 1 is 1.00 bits per heavy atom. The van der Waals surface area contributed by atoms with Gasteiger partial charge in [0, 0.05) is 22.8 Å². The van der Waals surface area contributed by atoms with Crippen LogP contribution in [0.4, 0.5) is 4.79 Å². The number of nitrogens with one attached hydrogen (secondary N) is 1. The van der Waals surface area contributed by atoms with Crippen molar-refractivity contribution in [2.24, 2.45) is 0 Å². The molecule has 1 aliphatic heterocycles. The topological polar surface area (TPSA) is 71.3 Å². The number of benzene rings is 3. The summed E-state index contributed by atoms with van der Waals surface area (Å²) in [7, 11) is 0. The lowest BCUT2D eigenvalue weighted by molar-refractivity contribution is 0.204. The van der Waals surface area contributed by atoms with Crippen LogP contribution in [0.15, 0.2) is 89.1 Å². The average Bonchev–Trinajstić information content (AvgIpc) is 3.37. The molecule has 2 amide bonds. The van der Waals surface area contributed by atoms with E-state index in [1.165, 1.54) is 5.56 Å². The van der Waals surface area contributed by atoms with Gasteiger partial charge in [0.1, 0.15) is 0 Å². The summed E-state index contributed by atoms with van der Waals surface area (Å²) in [5.41, 5.74) is 5.71. The third kappa shape index (κ3) is 5.04. The molecule has 1 aromatic heterocycles. The molecule has 36 heavy (non-hydrogen) atoms. The number of urea groups is 1. The lowest BCUT2D eigenvalue weighted by atomic mass is 9.94. The Kier molecular flexibility index (Phi) is 6.87. The second-order valence-corrected chi connectivity index (χ2v) is 9.40. The standard InChI is InChI=1S/C29H27ClN4O2/c1-19-13-15-22(16-14-19)26-25(28-32-27(33-36-28)23-11-6-12-24(30)18-23)20(2)34(29(35)31-26)17-7-10-21-8-4-3-5-9-21/h3-6,8-9,11-16,18,26H,7,10,17H2,1-2H3,(H,31,35). The summed E-state index contributed by atoms with van der Waals surface area (Å²) in [6.45, 7) is 4.56. The van der Waals surface area contributed by atoms with E-state index in [0.29, 0.717) is 23.3 Å². The van der Waals surface area contributed by atoms with Gasteiger partial charge in [-0.25, -0.2) is 4.79 Å². The van der Waals surface area contributed by atoms with Crippen molar-refractivity contribution in [2.45, 2.75) is 32.7 Å². The molecule has 0 saturated heterocycles. The van der Waals surface area contributed by atoms with Gasteiger partial charge < -0.3 is 9.84 Å². The maximum Gasteiger partial charge on any atom is 0.322 e. The molecule has 0 radical (unpaired) electrons. The van der Waals surface area contributed by atoms with Crippen LogP contribution in [0.2, 0.25) is 5.02 Å². The molecule has 7 heteroatoms. The molecule has 0 bridgehead atoms. The van der Waals surface area contributed by atoms with E-state index in [1.807, 2.05) is 68.4 Å². The number of amides is 2. The Morgan fingerprint density at radius 3 is 2.53 bits per heavy atom. The molecule has 0 spiro atoms. The first-order chi connectivity index (χ1) is 17.5. The van der Waals surface area contributed by atoms with Crippen molar-refractivity contribution >= 4 is 23.2 Å². The number of hydrogen-bond donors (Lipinski definition) is 1. The van der Waals surface area contributed by atoms with E-state index in [2.05, 4.69) is 22.6 Å². The number of carbonyl (C=O) groups is 1. The van der Waals surface area contributed by atoms with Gasteiger partial charge in [-0.05, 0) is 49.9 Å². The molecule has 2 heterocycles. The Morgan fingerprint density at radius 2 is 1.78 bits per heavy atom. The molecule has 0 fully saturated rings. The van der Waals surface area contributed by atoms with Gasteiger partial charge in [-0.1, -0.05) is 89.1 Å². The summed E-state index contributed by atoms with van der Waals surface area (Å²) in [6.07, 6.45) is 1.71. The van der Waals surface area contributed by atoms with Gasteiger partial charge in [-0.2, -0.15) is 4.98 Å². The van der Waals surface area contributed by atoms with Crippen molar-refractivity contribution in [3.8, 4) is 11.4 Å². The van der Waals surface area contributed by atoms with Gasteiger partial charge in [-0.3, -0.25) is 4.90 Å². The van der Waals surface area contributed by atoms with E-state index in [0.717, 1.165) is 40.8 Å². The molecule has 182 valence electrons. The molecule has 1 aliphatic rings. The summed E-state index contributed by atoms with van der Waals surface area (Å²) in [6, 6.07) is 25.2. The Labute approximate surface area is 215 Å². The third-order valence-corrected chi connectivity index (χ3v) is 6.67. The number of aromatic nitrogens is 2. The van der Waals surface area contributed by atoms with Crippen LogP contribution in [-0.4, -0.2) is 27.6 Å². The average molecular weight is 499 g/mol. The minimum atomic E-state index is -0.406. The number of carbonyl (C=O) groups excluding carboxylic acids is 1. The van der Waals surface area contributed by atoms with Crippen LogP contribution in [0.1, 0.15) is 42.0 Å². The summed E-state index contributed by atoms with van der Waals surface area (Å²) in [5.74, 6) is 0.823. The van der Waals surface area contributed by atoms with Crippen LogP contribution in [0.3, 0.4) is 0 Å². The van der Waals surface area contributed by atoms with Gasteiger partial charge in [0.05, 0.1) is 11.6 Å². The number of halogens is 1. The number of aryl methyl sites for hydroxylation is 2. The van der Waals surface area contributed by atoms with Gasteiger partial charge in [0.15, 0.2) is 0 Å². The number of hydrogen-bond acceptors (Lipinski definition) is 4. The first kappa shape index (κ1) is 23.8. The molecule has 3 aromatic carbocycles. The summed E-state index contributed by atoms with van der Waals surface area (Å²) >= 11 is 6.17. The highest BCUT2D eigenvalue weighted by Gasteiger charge is 2.35. The van der Waals surface area contributed by atoms with Gasteiger partial charge in [-0.15, -0.1) is 0 Å². The van der Waals surface area contributed by atoms with E-state index in [9.17, 15) is 4.79 Å². The lowest BCUT2D eigenvalue weighted by Crippen LogP contribution is -2.46. The van der Waals surface area contributed by atoms with Gasteiger partial charge in [0.25, 0.3) is 5.89 Å². The Hall–Kier alpha value is -3.90. The number of rotatable bonds is 7. The van der Waals surface area contributed by atoms with Crippen molar-refractivity contribution in [2.75, 3.05) is 6.54 Å². The molecular weight excluding hydrogens is 472 g/mol. The maximum atomic E-state index is 13.2. The van der Waals surface area contributed by atoms with Gasteiger partial charge in [0.2, 0.25) is 5.82 Å². The zero-order chi connectivity index (χ0) is 25.1. The van der Waals surface area contributed by atoms with Crippen LogP contribution in [0, 0.1) is 6.92 Å². The fraction of sp³-hybridized carbons (Fsp3) is 0.207. The number of allylic oxidation sites excluding steroid dienone is 1. The highest BCUT2D eigenvalue weighted by atomic mass is 35.5. The number of nitrogens with zero attached hydrogens (tertiary/aromatic N) is 3. The maximum absolute atomic E-state index is 13.2. The monoisotopic (exact) mass is 498 g/mol. The highest BCUT2D eigenvalue weighted by molar-refractivity contribution is 6.30. The van der Waals surface area contributed by atoms with Crippen molar-refractivity contribution in [3.05, 3.63) is 112 Å². The Balaban J connectivity index is 1.49. The molecule has 0 aliphatic carbocycles. The first-order valence-electron chi connectivity index (χ1n) is 12.0. The summed E-state index contributed by atoms with van der Waals surface area (Å²) in [4.78, 5) is 19.7. The third-order valence-electron chi connectivity index (χ3n) is 6.44. The van der Waals surface area contributed by atoms with E-state index in [-0.39, 0.29) is 6.03 Å². The van der Waals surface area contributed by atoms with Crippen LogP contribution in [0.5, 0.6) is 0 Å². The second kappa shape index (κ2) is 10.4. The Bertz CT molecular complexity index is 1400. The molecule has 1 N–H and O–H groups in total. The summed E-state index contributed by atoms with van der Waals surface area (Å²) in [5, 5.41) is 7.98. The van der Waals surface area contributed by atoms with E-state index in [1.54, 1.807) is 17.0 Å². The zero-order valence-corrected chi connectivity index (χ0v) is 21.0. The van der Waals surface area contributed by atoms with E-state index >= 15 is 0 Å². The van der Waals surface area contributed by atoms with E-state index in [4.69, 9.17) is 21.1 Å². The minimum Gasteiger partial charge on any atom is -0.334 e. The van der Waals surface area contributed by atoms with Crippen molar-refractivity contribution in [3.63, 3.8) is 0 Å². The van der Waals surface area contributed by atoms with E-state index < -0.39 is 6.04 Å². The normalized spacial score (nSPS) is 15.8. The van der Waals surface area contributed by atoms with Crippen LogP contribution in [-0.2, 0) is 6.42 Å². The molecule has 5 rings (SSSR count). The van der Waals surface area contributed by atoms with Crippen molar-refractivity contribution in [1.82, 2.24) is 20.4 Å². The SMILES string of the molecule is CC1=C(c2nc(-c3cccc(Cl)c3)no2)C(c2ccc(C)cc2)NC(=O)N1CCCc1ccccc1. The van der Waals surface area contributed by atoms with Crippen LogP contribution >= 0.6 is 11.6 Å². The molecule has 1 atom stereocenters. The van der Waals surface area contributed by atoms with Crippen LogP contribution in [0.25, 0.3) is 17.0 Å². The minimum absolute atomic E-state index is 0.135. The smallest absolute Gasteiger partial charge is 0.322 e. The molecule has 4 aromatic rings. The molecular formula is C29H27ClN4O2. The first-order valence-corrected chi connectivity index (χ1v) is 12.4. The lowest BCUT2D eigenvalue weighted by Gasteiger charge is -2.35. The quantitative estimate of drug-likeness (QED) is 0.303. The largest absolute Gasteiger partial charge is 0.334 e. The second-order valence-electron chi connectivity index (χ2n) is 8.97. The van der Waals surface area contributed by atoms with Crippen molar-refractivity contribution < 1.29 is 9.32 Å². The fourth-order valence-electron chi connectivity index (χ4n) is 4.50. The predicted octanol–water partition coefficient (Wildman–Crippen LogP) is 6.83. The molecule has 6 nitrogen and oxygen atoms in total.